The van der Waals surface area contributed by atoms with Crippen molar-refractivity contribution in [3.63, 3.8) is 0 Å². The lowest BCUT2D eigenvalue weighted by molar-refractivity contribution is -0.120. The number of amides is 2. The van der Waals surface area contributed by atoms with Crippen LogP contribution in [-0.4, -0.2) is 17.9 Å². The molecule has 2 aromatic carbocycles. The van der Waals surface area contributed by atoms with E-state index in [1.54, 1.807) is 18.2 Å². The fourth-order valence-electron chi connectivity index (χ4n) is 2.72. The Morgan fingerprint density at radius 2 is 1.63 bits per heavy atom. The molecular weight excluding hydrogens is 362 g/mol. The van der Waals surface area contributed by atoms with Crippen LogP contribution in [0.3, 0.4) is 0 Å². The maximum absolute atomic E-state index is 12.5. The van der Waals surface area contributed by atoms with Crippen molar-refractivity contribution < 1.29 is 9.59 Å². The number of anilines is 1. The van der Waals surface area contributed by atoms with Crippen LogP contribution in [0.25, 0.3) is 0 Å². The minimum absolute atomic E-state index is 0. The third kappa shape index (κ3) is 6.08. The number of carbonyl (C=O) groups excluding carboxylic acids is 2. The van der Waals surface area contributed by atoms with Gasteiger partial charge in [0.25, 0.3) is 5.91 Å². The zero-order valence-electron chi connectivity index (χ0n) is 16.2. The summed E-state index contributed by atoms with van der Waals surface area (Å²) in [6, 6.07) is 14.5. The van der Waals surface area contributed by atoms with Crippen LogP contribution in [0, 0.1) is 12.8 Å². The van der Waals surface area contributed by atoms with E-state index in [2.05, 4.69) is 10.6 Å². The number of benzene rings is 2. The Morgan fingerprint density at radius 1 is 1.00 bits per heavy atom. The van der Waals surface area contributed by atoms with Gasteiger partial charge in [0.2, 0.25) is 5.91 Å². The van der Waals surface area contributed by atoms with Gasteiger partial charge in [-0.15, -0.1) is 12.4 Å². The van der Waals surface area contributed by atoms with Gasteiger partial charge in [0.15, 0.2) is 0 Å². The Kier molecular flexibility index (Phi) is 8.47. The van der Waals surface area contributed by atoms with Gasteiger partial charge >= 0.3 is 0 Å². The van der Waals surface area contributed by atoms with Crippen molar-refractivity contribution in [2.75, 3.05) is 5.32 Å². The second-order valence-electron chi connectivity index (χ2n) is 6.87. The molecule has 0 aliphatic rings. The van der Waals surface area contributed by atoms with Crippen molar-refractivity contribution in [1.82, 2.24) is 5.32 Å². The molecule has 0 spiro atoms. The number of aryl methyl sites for hydroxylation is 1. The largest absolute Gasteiger partial charge is 0.350 e. The van der Waals surface area contributed by atoms with Crippen LogP contribution in [-0.2, 0) is 4.79 Å². The quantitative estimate of drug-likeness (QED) is 0.701. The zero-order valence-corrected chi connectivity index (χ0v) is 17.0. The highest BCUT2D eigenvalue weighted by Crippen LogP contribution is 2.22. The van der Waals surface area contributed by atoms with Gasteiger partial charge in [0.05, 0.1) is 5.92 Å². The third-order valence-electron chi connectivity index (χ3n) is 4.30. The first-order chi connectivity index (χ1) is 12.3. The maximum atomic E-state index is 12.5. The molecular formula is C21H28ClN3O2. The Bertz CT molecular complexity index is 778. The summed E-state index contributed by atoms with van der Waals surface area (Å²) >= 11 is 0. The van der Waals surface area contributed by atoms with E-state index in [0.29, 0.717) is 11.3 Å². The van der Waals surface area contributed by atoms with Crippen LogP contribution in [0.1, 0.15) is 48.3 Å². The molecule has 6 heteroatoms. The number of nitrogens with one attached hydrogen (secondary N) is 2. The first kappa shape index (κ1) is 22.7. The van der Waals surface area contributed by atoms with Gasteiger partial charge in [0.1, 0.15) is 0 Å². The van der Waals surface area contributed by atoms with E-state index in [9.17, 15) is 9.59 Å². The lowest BCUT2D eigenvalue weighted by Crippen LogP contribution is -2.31. The molecule has 4 N–H and O–H groups in total. The molecule has 0 aliphatic carbocycles. The fourth-order valence-corrected chi connectivity index (χ4v) is 2.72. The Morgan fingerprint density at radius 3 is 2.19 bits per heavy atom. The first-order valence-electron chi connectivity index (χ1n) is 8.82. The minimum Gasteiger partial charge on any atom is -0.350 e. The number of carbonyl (C=O) groups is 2. The van der Waals surface area contributed by atoms with Crippen LogP contribution in [0.4, 0.5) is 5.69 Å². The Balaban J connectivity index is 0.00000364. The van der Waals surface area contributed by atoms with Crippen LogP contribution in [0.2, 0.25) is 0 Å². The molecule has 2 rings (SSSR count). The molecule has 0 heterocycles. The predicted octanol–water partition coefficient (Wildman–Crippen LogP) is 3.83. The molecule has 2 amide bonds. The lowest BCUT2D eigenvalue weighted by atomic mass is 9.94. The van der Waals surface area contributed by atoms with E-state index in [1.807, 2.05) is 58.0 Å². The van der Waals surface area contributed by atoms with E-state index in [1.165, 1.54) is 0 Å². The molecule has 0 radical (unpaired) electrons. The summed E-state index contributed by atoms with van der Waals surface area (Å²) in [5.41, 5.74) is 9.20. The molecule has 0 bridgehead atoms. The summed E-state index contributed by atoms with van der Waals surface area (Å²) in [6.07, 6.45) is 0. The molecule has 0 aliphatic heterocycles. The lowest BCUT2D eigenvalue weighted by Gasteiger charge is -2.20. The van der Waals surface area contributed by atoms with Gasteiger partial charge in [-0.3, -0.25) is 9.59 Å². The summed E-state index contributed by atoms with van der Waals surface area (Å²) in [7, 11) is 0. The van der Waals surface area contributed by atoms with E-state index in [-0.39, 0.29) is 42.2 Å². The fraction of sp³-hybridized carbons (Fsp3) is 0.333. The Labute approximate surface area is 167 Å². The zero-order chi connectivity index (χ0) is 19.3. The third-order valence-corrected chi connectivity index (χ3v) is 4.30. The average molecular weight is 390 g/mol. The average Bonchev–Trinajstić information content (AvgIpc) is 2.60. The molecule has 0 fully saturated rings. The number of nitrogens with two attached hydrogens (primary N) is 1. The first-order valence-corrected chi connectivity index (χ1v) is 8.82. The molecule has 5 nitrogen and oxygen atoms in total. The molecule has 0 aromatic heterocycles. The predicted molar refractivity (Wildman–Crippen MR) is 112 cm³/mol. The summed E-state index contributed by atoms with van der Waals surface area (Å²) in [5.74, 6) is -0.656. The number of hydrogen-bond acceptors (Lipinski definition) is 3. The van der Waals surface area contributed by atoms with E-state index < -0.39 is 0 Å². The normalized spacial score (nSPS) is 12.7. The summed E-state index contributed by atoms with van der Waals surface area (Å²) in [5, 5.41) is 5.76. The Hall–Kier alpha value is -2.37. The number of hydrogen-bond donors (Lipinski definition) is 3. The molecule has 2 unspecified atom stereocenters. The smallest absolute Gasteiger partial charge is 0.251 e. The van der Waals surface area contributed by atoms with Crippen molar-refractivity contribution in [1.29, 1.82) is 0 Å². The highest BCUT2D eigenvalue weighted by molar-refractivity contribution is 5.97. The van der Waals surface area contributed by atoms with Gasteiger partial charge < -0.3 is 16.4 Å². The standard InChI is InChI=1S/C21H27N3O2.ClH/c1-13(2)23-21(26)18-11-10-17(12-14(18)3)24-20(25)15(4)19(22)16-8-6-5-7-9-16;/h5-13,15,19H,22H2,1-4H3,(H,23,26)(H,24,25);1H. The van der Waals surface area contributed by atoms with Gasteiger partial charge in [-0.1, -0.05) is 37.3 Å². The van der Waals surface area contributed by atoms with Gasteiger partial charge in [0, 0.05) is 23.3 Å². The molecule has 2 aromatic rings. The monoisotopic (exact) mass is 389 g/mol. The van der Waals surface area contributed by atoms with Crippen molar-refractivity contribution >= 4 is 29.9 Å². The molecule has 2 atom stereocenters. The van der Waals surface area contributed by atoms with Crippen molar-refractivity contribution in [2.24, 2.45) is 11.7 Å². The number of halogens is 1. The SMILES string of the molecule is Cc1cc(NC(=O)C(C)C(N)c2ccccc2)ccc1C(=O)NC(C)C.Cl. The second kappa shape index (κ2) is 10.1. The van der Waals surface area contributed by atoms with Gasteiger partial charge in [-0.2, -0.15) is 0 Å². The highest BCUT2D eigenvalue weighted by atomic mass is 35.5. The van der Waals surface area contributed by atoms with Gasteiger partial charge in [-0.05, 0) is 50.1 Å². The molecule has 0 saturated carbocycles. The summed E-state index contributed by atoms with van der Waals surface area (Å²) in [6.45, 7) is 7.49. The molecule has 27 heavy (non-hydrogen) atoms. The van der Waals surface area contributed by atoms with Crippen molar-refractivity contribution in [3.05, 3.63) is 65.2 Å². The van der Waals surface area contributed by atoms with Crippen LogP contribution < -0.4 is 16.4 Å². The van der Waals surface area contributed by atoms with Crippen LogP contribution in [0.15, 0.2) is 48.5 Å². The summed E-state index contributed by atoms with van der Waals surface area (Å²) < 4.78 is 0. The van der Waals surface area contributed by atoms with Crippen molar-refractivity contribution in [3.8, 4) is 0 Å². The maximum Gasteiger partial charge on any atom is 0.251 e. The number of rotatable bonds is 6. The minimum atomic E-state index is -0.387. The highest BCUT2D eigenvalue weighted by Gasteiger charge is 2.22. The molecule has 146 valence electrons. The van der Waals surface area contributed by atoms with E-state index in [0.717, 1.165) is 11.1 Å². The van der Waals surface area contributed by atoms with Crippen LogP contribution in [0.5, 0.6) is 0 Å². The van der Waals surface area contributed by atoms with Crippen molar-refractivity contribution in [2.45, 2.75) is 39.8 Å². The topological polar surface area (TPSA) is 84.2 Å². The van der Waals surface area contributed by atoms with E-state index in [4.69, 9.17) is 5.73 Å². The van der Waals surface area contributed by atoms with Gasteiger partial charge in [-0.25, -0.2) is 0 Å². The van der Waals surface area contributed by atoms with E-state index >= 15 is 0 Å². The summed E-state index contributed by atoms with van der Waals surface area (Å²) in [4.78, 5) is 24.7. The molecule has 0 saturated heterocycles. The second-order valence-corrected chi connectivity index (χ2v) is 6.87. The van der Waals surface area contributed by atoms with Crippen LogP contribution >= 0.6 is 12.4 Å².